The van der Waals surface area contributed by atoms with Crippen molar-refractivity contribution >= 4 is 52.6 Å². The second kappa shape index (κ2) is 12.0. The molecule has 0 fully saturated rings. The first-order chi connectivity index (χ1) is 13.1. The van der Waals surface area contributed by atoms with Crippen LogP contribution in [0.15, 0.2) is 58.2 Å². The Kier molecular flexibility index (Phi) is 9.64. The van der Waals surface area contributed by atoms with Crippen LogP contribution in [0.25, 0.3) is 0 Å². The highest BCUT2D eigenvalue weighted by Gasteiger charge is 2.10. The average molecular weight is 449 g/mol. The molecule has 27 heavy (non-hydrogen) atoms. The van der Waals surface area contributed by atoms with Crippen LogP contribution >= 0.6 is 46.4 Å². The van der Waals surface area contributed by atoms with Gasteiger partial charge in [-0.2, -0.15) is 0 Å². The van der Waals surface area contributed by atoms with Gasteiger partial charge in [0.15, 0.2) is 5.75 Å². The normalized spacial score (nSPS) is 10.7. The number of hydrogen-bond donors (Lipinski definition) is 0. The molecule has 0 spiro atoms. The molecule has 0 amide bonds. The van der Waals surface area contributed by atoms with E-state index < -0.39 is 0 Å². The van der Waals surface area contributed by atoms with E-state index in [9.17, 15) is 0 Å². The number of benzene rings is 2. The molecule has 0 aliphatic carbocycles. The van der Waals surface area contributed by atoms with E-state index in [0.717, 1.165) is 5.56 Å². The van der Waals surface area contributed by atoms with Crippen LogP contribution in [0.4, 0.5) is 0 Å². The van der Waals surface area contributed by atoms with Crippen LogP contribution in [0.5, 0.6) is 11.5 Å². The Balaban J connectivity index is 1.73. The maximum atomic E-state index is 6.19. The molecule has 0 saturated heterocycles. The van der Waals surface area contributed by atoms with Crippen molar-refractivity contribution in [1.29, 1.82) is 0 Å². The van der Waals surface area contributed by atoms with Crippen LogP contribution < -0.4 is 9.47 Å². The Morgan fingerprint density at radius 1 is 0.963 bits per heavy atom. The third-order valence-corrected chi connectivity index (χ3v) is 4.03. The summed E-state index contributed by atoms with van der Waals surface area (Å²) >= 11 is 23.4. The molecular formula is C19H17Cl4NO3. The first-order valence-corrected chi connectivity index (χ1v) is 9.53. The Morgan fingerprint density at radius 2 is 1.67 bits per heavy atom. The molecule has 2 rings (SSSR count). The molecule has 0 aliphatic heterocycles. The number of ether oxygens (including phenoxy) is 2. The third kappa shape index (κ3) is 8.31. The standard InChI is InChI=1S/C19H17Cl4NO3/c20-16-11-15(25-10-7-18(22)23)12-17(21)19(16)26-8-4-9-27-24-13-14-5-2-1-3-6-14/h1-3,5-7,11-13H,4,8-10H2/b24-13+. The summed E-state index contributed by atoms with van der Waals surface area (Å²) < 4.78 is 11.2. The Hall–Kier alpha value is -1.59. The van der Waals surface area contributed by atoms with Crippen LogP contribution in [0.1, 0.15) is 12.0 Å². The molecule has 0 N–H and O–H groups in total. The highest BCUT2D eigenvalue weighted by molar-refractivity contribution is 6.55. The predicted octanol–water partition coefficient (Wildman–Crippen LogP) is 6.51. The predicted molar refractivity (Wildman–Crippen MR) is 112 cm³/mol. The van der Waals surface area contributed by atoms with Crippen LogP contribution in [0.3, 0.4) is 0 Å². The zero-order chi connectivity index (χ0) is 19.5. The maximum absolute atomic E-state index is 6.19. The Bertz CT molecular complexity index is 755. The Morgan fingerprint density at radius 3 is 2.33 bits per heavy atom. The van der Waals surface area contributed by atoms with Gasteiger partial charge in [0.25, 0.3) is 0 Å². The molecule has 0 aromatic heterocycles. The molecule has 4 nitrogen and oxygen atoms in total. The molecule has 0 radical (unpaired) electrons. The lowest BCUT2D eigenvalue weighted by Gasteiger charge is -2.12. The van der Waals surface area contributed by atoms with Crippen LogP contribution in [-0.2, 0) is 4.84 Å². The number of nitrogens with zero attached hydrogens (tertiary/aromatic N) is 1. The highest BCUT2D eigenvalue weighted by Crippen LogP contribution is 2.37. The molecule has 144 valence electrons. The fourth-order valence-electron chi connectivity index (χ4n) is 1.95. The molecule has 2 aromatic carbocycles. The summed E-state index contributed by atoms with van der Waals surface area (Å²) in [6.07, 6.45) is 3.78. The first-order valence-electron chi connectivity index (χ1n) is 8.02. The summed E-state index contributed by atoms with van der Waals surface area (Å²) in [6, 6.07) is 12.9. The highest BCUT2D eigenvalue weighted by atomic mass is 35.5. The minimum Gasteiger partial charge on any atom is -0.490 e. The van der Waals surface area contributed by atoms with Gasteiger partial charge in [0.2, 0.25) is 0 Å². The summed E-state index contributed by atoms with van der Waals surface area (Å²) in [5.41, 5.74) is 0.971. The van der Waals surface area contributed by atoms with Crippen molar-refractivity contribution in [3.8, 4) is 11.5 Å². The van der Waals surface area contributed by atoms with Crippen molar-refractivity contribution < 1.29 is 14.3 Å². The SMILES string of the molecule is ClC(Cl)=CCOc1cc(Cl)c(OCCCO/N=C/c2ccccc2)c(Cl)c1. The second-order valence-electron chi connectivity index (χ2n) is 5.20. The Labute approximate surface area is 178 Å². The van der Waals surface area contributed by atoms with Gasteiger partial charge in [-0.1, -0.05) is 81.9 Å². The zero-order valence-electron chi connectivity index (χ0n) is 14.2. The quantitative estimate of drug-likeness (QED) is 0.236. The van der Waals surface area contributed by atoms with E-state index in [1.165, 1.54) is 6.08 Å². The van der Waals surface area contributed by atoms with Crippen LogP contribution in [-0.4, -0.2) is 26.0 Å². The summed E-state index contributed by atoms with van der Waals surface area (Å²) in [4.78, 5) is 5.20. The number of halogens is 4. The topological polar surface area (TPSA) is 40.0 Å². The van der Waals surface area contributed by atoms with Crippen LogP contribution in [0.2, 0.25) is 10.0 Å². The minimum atomic E-state index is 0.127. The van der Waals surface area contributed by atoms with Gasteiger partial charge in [-0.3, -0.25) is 0 Å². The van der Waals surface area contributed by atoms with E-state index in [2.05, 4.69) is 5.16 Å². The van der Waals surface area contributed by atoms with Gasteiger partial charge in [0.05, 0.1) is 22.9 Å². The molecule has 8 heteroatoms. The van der Waals surface area contributed by atoms with E-state index in [1.54, 1.807) is 18.3 Å². The van der Waals surface area contributed by atoms with Crippen molar-refractivity contribution in [1.82, 2.24) is 0 Å². The monoisotopic (exact) mass is 447 g/mol. The van der Waals surface area contributed by atoms with Crippen molar-refractivity contribution in [3.05, 3.63) is 68.6 Å². The summed E-state index contributed by atoms with van der Waals surface area (Å²) in [5.74, 6) is 0.881. The van der Waals surface area contributed by atoms with Crippen molar-refractivity contribution in [3.63, 3.8) is 0 Å². The summed E-state index contributed by atoms with van der Waals surface area (Å²) in [6.45, 7) is 0.992. The van der Waals surface area contributed by atoms with Crippen LogP contribution in [0, 0.1) is 0 Å². The van der Waals surface area contributed by atoms with Gasteiger partial charge < -0.3 is 14.3 Å². The molecule has 0 unspecified atom stereocenters. The van der Waals surface area contributed by atoms with Gasteiger partial charge in [-0.15, -0.1) is 0 Å². The molecule has 0 saturated carbocycles. The van der Waals surface area contributed by atoms with Gasteiger partial charge >= 0.3 is 0 Å². The number of oxime groups is 1. The molecule has 0 atom stereocenters. The van der Waals surface area contributed by atoms with Gasteiger partial charge in [-0.05, 0) is 11.6 Å². The van der Waals surface area contributed by atoms with Crippen molar-refractivity contribution in [2.24, 2.45) is 5.16 Å². The van der Waals surface area contributed by atoms with Crippen molar-refractivity contribution in [2.45, 2.75) is 6.42 Å². The fraction of sp³-hybridized carbons (Fsp3) is 0.211. The zero-order valence-corrected chi connectivity index (χ0v) is 17.2. The molecule has 0 bridgehead atoms. The van der Waals surface area contributed by atoms with Crippen molar-refractivity contribution in [2.75, 3.05) is 19.8 Å². The van der Waals surface area contributed by atoms with E-state index in [4.69, 9.17) is 60.7 Å². The molecular weight excluding hydrogens is 432 g/mol. The average Bonchev–Trinajstić information content (AvgIpc) is 2.63. The molecule has 0 aliphatic rings. The lowest BCUT2D eigenvalue weighted by atomic mass is 10.2. The largest absolute Gasteiger partial charge is 0.490 e. The van der Waals surface area contributed by atoms with Gasteiger partial charge in [0, 0.05) is 18.6 Å². The first kappa shape index (κ1) is 21.7. The van der Waals surface area contributed by atoms with E-state index in [1.807, 2.05) is 30.3 Å². The minimum absolute atomic E-state index is 0.127. The van der Waals surface area contributed by atoms with E-state index in [0.29, 0.717) is 41.2 Å². The van der Waals surface area contributed by atoms with E-state index in [-0.39, 0.29) is 11.1 Å². The second-order valence-corrected chi connectivity index (χ2v) is 7.02. The smallest absolute Gasteiger partial charge is 0.156 e. The lowest BCUT2D eigenvalue weighted by molar-refractivity contribution is 0.129. The maximum Gasteiger partial charge on any atom is 0.156 e. The van der Waals surface area contributed by atoms with Gasteiger partial charge in [0.1, 0.15) is 23.5 Å². The summed E-state index contributed by atoms with van der Waals surface area (Å²) in [5, 5.41) is 4.60. The number of hydrogen-bond acceptors (Lipinski definition) is 4. The third-order valence-electron chi connectivity index (χ3n) is 3.16. The van der Waals surface area contributed by atoms with Gasteiger partial charge in [-0.25, -0.2) is 0 Å². The lowest BCUT2D eigenvalue weighted by Crippen LogP contribution is -2.02. The van der Waals surface area contributed by atoms with E-state index >= 15 is 0 Å². The number of rotatable bonds is 10. The fourth-order valence-corrected chi connectivity index (χ4v) is 2.65. The molecule has 0 heterocycles. The molecule has 2 aromatic rings. The summed E-state index contributed by atoms with van der Waals surface area (Å²) in [7, 11) is 0.